The summed E-state index contributed by atoms with van der Waals surface area (Å²) >= 11 is 0. The molecule has 0 saturated carbocycles. The number of rotatable bonds is 5. The number of amides is 1. The van der Waals surface area contributed by atoms with Crippen molar-refractivity contribution in [3.8, 4) is 0 Å². The fourth-order valence-electron chi connectivity index (χ4n) is 3.95. The molecule has 2 aliphatic rings. The molecule has 2 aliphatic heterocycles. The summed E-state index contributed by atoms with van der Waals surface area (Å²) in [7, 11) is 0. The highest BCUT2D eigenvalue weighted by molar-refractivity contribution is 5.80. The summed E-state index contributed by atoms with van der Waals surface area (Å²) in [6.45, 7) is 5.81. The van der Waals surface area contributed by atoms with Crippen molar-refractivity contribution in [2.45, 2.75) is 12.6 Å². The average Bonchev–Trinajstić information content (AvgIpc) is 3.38. The quantitative estimate of drug-likeness (QED) is 0.830. The van der Waals surface area contributed by atoms with E-state index in [1.54, 1.807) is 6.07 Å². The molecule has 1 amide bonds. The molecular formula is C20H26FN5O. The number of nitrogens with one attached hydrogen (secondary N) is 2. The number of aromatic nitrogens is 1. The number of halogens is 1. The van der Waals surface area contributed by atoms with Crippen molar-refractivity contribution in [1.29, 1.82) is 0 Å². The Labute approximate surface area is 158 Å². The van der Waals surface area contributed by atoms with E-state index >= 15 is 0 Å². The second-order valence-corrected chi connectivity index (χ2v) is 7.25. The van der Waals surface area contributed by atoms with Crippen molar-refractivity contribution >= 4 is 5.91 Å². The van der Waals surface area contributed by atoms with E-state index in [0.717, 1.165) is 44.8 Å². The summed E-state index contributed by atoms with van der Waals surface area (Å²) < 4.78 is 15.7. The van der Waals surface area contributed by atoms with E-state index in [0.29, 0.717) is 6.54 Å². The zero-order chi connectivity index (χ0) is 18.6. The third-order valence-corrected chi connectivity index (χ3v) is 5.53. The van der Waals surface area contributed by atoms with Crippen LogP contribution in [0.1, 0.15) is 11.6 Å². The van der Waals surface area contributed by atoms with Gasteiger partial charge in [0.1, 0.15) is 5.82 Å². The Balaban J connectivity index is 1.32. The van der Waals surface area contributed by atoms with Crippen LogP contribution >= 0.6 is 0 Å². The smallest absolute Gasteiger partial charge is 0.229 e. The van der Waals surface area contributed by atoms with E-state index in [-0.39, 0.29) is 23.7 Å². The minimum absolute atomic E-state index is 0.145. The maximum atomic E-state index is 13.6. The van der Waals surface area contributed by atoms with Crippen molar-refractivity contribution in [2.24, 2.45) is 5.92 Å². The standard InChI is InChI=1S/C20H26FN5O/c21-17-5-3-4-16(14-17)19-18(15-22-23-19)20(27)26-12-10-25(11-13-26)9-8-24-6-1-2-7-24/h1-7,14,18-19,22-23H,8-13,15H2. The molecule has 1 aromatic carbocycles. The third-order valence-electron chi connectivity index (χ3n) is 5.53. The predicted octanol–water partition coefficient (Wildman–Crippen LogP) is 1.24. The van der Waals surface area contributed by atoms with Crippen LogP contribution in [0.4, 0.5) is 4.39 Å². The molecule has 27 heavy (non-hydrogen) atoms. The van der Waals surface area contributed by atoms with Crippen LogP contribution in [0.3, 0.4) is 0 Å². The van der Waals surface area contributed by atoms with Crippen molar-refractivity contribution < 1.29 is 9.18 Å². The Bertz CT molecular complexity index is 757. The third kappa shape index (κ3) is 4.21. The van der Waals surface area contributed by atoms with E-state index in [1.807, 2.05) is 23.1 Å². The minimum atomic E-state index is -0.274. The number of carbonyl (C=O) groups is 1. The van der Waals surface area contributed by atoms with Gasteiger partial charge < -0.3 is 9.47 Å². The van der Waals surface area contributed by atoms with Crippen LogP contribution in [0.25, 0.3) is 0 Å². The lowest BCUT2D eigenvalue weighted by Gasteiger charge is -2.36. The van der Waals surface area contributed by atoms with Crippen molar-refractivity contribution in [3.63, 3.8) is 0 Å². The monoisotopic (exact) mass is 371 g/mol. The predicted molar refractivity (Wildman–Crippen MR) is 101 cm³/mol. The molecule has 1 aromatic heterocycles. The molecule has 7 heteroatoms. The molecule has 0 bridgehead atoms. The molecule has 6 nitrogen and oxygen atoms in total. The number of piperazine rings is 1. The summed E-state index contributed by atoms with van der Waals surface area (Å²) in [6, 6.07) is 10.4. The van der Waals surface area contributed by atoms with E-state index in [9.17, 15) is 9.18 Å². The number of benzene rings is 1. The maximum Gasteiger partial charge on any atom is 0.229 e. The summed E-state index contributed by atoms with van der Waals surface area (Å²) in [5, 5.41) is 0. The van der Waals surface area contributed by atoms with Gasteiger partial charge in [0.2, 0.25) is 5.91 Å². The molecule has 2 saturated heterocycles. The van der Waals surface area contributed by atoms with Crippen LogP contribution in [-0.2, 0) is 11.3 Å². The highest BCUT2D eigenvalue weighted by Gasteiger charge is 2.37. The Hall–Kier alpha value is -2.22. The van der Waals surface area contributed by atoms with E-state index in [1.165, 1.54) is 12.1 Å². The van der Waals surface area contributed by atoms with Gasteiger partial charge in [-0.1, -0.05) is 12.1 Å². The van der Waals surface area contributed by atoms with Crippen LogP contribution < -0.4 is 10.9 Å². The van der Waals surface area contributed by atoms with Crippen molar-refractivity contribution in [1.82, 2.24) is 25.2 Å². The van der Waals surface area contributed by atoms with Gasteiger partial charge in [0, 0.05) is 58.2 Å². The van der Waals surface area contributed by atoms with Gasteiger partial charge in [-0.05, 0) is 29.8 Å². The Morgan fingerprint density at radius 1 is 1.07 bits per heavy atom. The number of carbonyl (C=O) groups excluding carboxylic acids is 1. The van der Waals surface area contributed by atoms with Gasteiger partial charge in [0.15, 0.2) is 0 Å². The van der Waals surface area contributed by atoms with E-state index < -0.39 is 0 Å². The first-order valence-electron chi connectivity index (χ1n) is 9.56. The van der Waals surface area contributed by atoms with Gasteiger partial charge in [-0.2, -0.15) is 0 Å². The number of nitrogens with zero attached hydrogens (tertiary/aromatic N) is 3. The lowest BCUT2D eigenvalue weighted by molar-refractivity contribution is -0.137. The first kappa shape index (κ1) is 18.2. The first-order chi connectivity index (χ1) is 13.2. The molecule has 2 unspecified atom stereocenters. The average molecular weight is 371 g/mol. The second kappa shape index (κ2) is 8.21. The summed E-state index contributed by atoms with van der Waals surface area (Å²) in [5.41, 5.74) is 7.02. The molecule has 0 spiro atoms. The van der Waals surface area contributed by atoms with Crippen LogP contribution in [-0.4, -0.2) is 59.5 Å². The molecule has 2 aromatic rings. The molecule has 2 atom stereocenters. The van der Waals surface area contributed by atoms with Gasteiger partial charge in [-0.15, -0.1) is 0 Å². The molecule has 2 N–H and O–H groups in total. The second-order valence-electron chi connectivity index (χ2n) is 7.25. The molecule has 2 fully saturated rings. The van der Waals surface area contributed by atoms with Crippen LogP contribution in [0.5, 0.6) is 0 Å². The fourth-order valence-corrected chi connectivity index (χ4v) is 3.95. The van der Waals surface area contributed by atoms with Crippen LogP contribution in [0, 0.1) is 11.7 Å². The van der Waals surface area contributed by atoms with Gasteiger partial charge in [0.05, 0.1) is 12.0 Å². The summed E-state index contributed by atoms with van der Waals surface area (Å²) in [5.74, 6) is -0.339. The topological polar surface area (TPSA) is 52.5 Å². The molecule has 0 radical (unpaired) electrons. The summed E-state index contributed by atoms with van der Waals surface area (Å²) in [6.07, 6.45) is 4.15. The molecule has 0 aliphatic carbocycles. The largest absolute Gasteiger partial charge is 0.353 e. The van der Waals surface area contributed by atoms with Gasteiger partial charge in [-0.25, -0.2) is 9.82 Å². The van der Waals surface area contributed by atoms with Crippen LogP contribution in [0.15, 0.2) is 48.8 Å². The van der Waals surface area contributed by atoms with Crippen molar-refractivity contribution in [2.75, 3.05) is 39.3 Å². The SMILES string of the molecule is O=C(C1CNNC1c1cccc(F)c1)N1CCN(CCn2cccc2)CC1. The van der Waals surface area contributed by atoms with E-state index in [4.69, 9.17) is 0 Å². The summed E-state index contributed by atoms with van der Waals surface area (Å²) in [4.78, 5) is 17.4. The number of hydrogen-bond acceptors (Lipinski definition) is 4. The highest BCUT2D eigenvalue weighted by atomic mass is 19.1. The lowest BCUT2D eigenvalue weighted by atomic mass is 9.93. The molecule has 3 heterocycles. The number of hydrazine groups is 1. The lowest BCUT2D eigenvalue weighted by Crippen LogP contribution is -2.51. The Morgan fingerprint density at radius 3 is 2.59 bits per heavy atom. The number of hydrogen-bond donors (Lipinski definition) is 2. The van der Waals surface area contributed by atoms with E-state index in [2.05, 4.69) is 32.7 Å². The molecular weight excluding hydrogens is 345 g/mol. The molecule has 144 valence electrons. The van der Waals surface area contributed by atoms with Gasteiger partial charge in [-0.3, -0.25) is 15.1 Å². The Morgan fingerprint density at radius 2 is 1.85 bits per heavy atom. The zero-order valence-corrected chi connectivity index (χ0v) is 15.4. The fraction of sp³-hybridized carbons (Fsp3) is 0.450. The van der Waals surface area contributed by atoms with Gasteiger partial charge in [0.25, 0.3) is 0 Å². The zero-order valence-electron chi connectivity index (χ0n) is 15.4. The highest BCUT2D eigenvalue weighted by Crippen LogP contribution is 2.27. The maximum absolute atomic E-state index is 13.6. The van der Waals surface area contributed by atoms with Gasteiger partial charge >= 0.3 is 0 Å². The van der Waals surface area contributed by atoms with Crippen molar-refractivity contribution in [3.05, 3.63) is 60.2 Å². The van der Waals surface area contributed by atoms with Crippen LogP contribution in [0.2, 0.25) is 0 Å². The Kier molecular flexibility index (Phi) is 5.52. The minimum Gasteiger partial charge on any atom is -0.353 e. The normalized spacial score (nSPS) is 23.7. The molecule has 4 rings (SSSR count). The first-order valence-corrected chi connectivity index (χ1v) is 9.56.